The van der Waals surface area contributed by atoms with Crippen molar-refractivity contribution in [1.82, 2.24) is 5.14 Å². The summed E-state index contributed by atoms with van der Waals surface area (Å²) in [5, 5.41) is 6.25. The molecule has 0 saturated carbocycles. The highest BCUT2D eigenvalue weighted by molar-refractivity contribution is 7.88. The highest BCUT2D eigenvalue weighted by Gasteiger charge is 2.31. The van der Waals surface area contributed by atoms with Crippen LogP contribution in [0.5, 0.6) is 0 Å². The lowest BCUT2D eigenvalue weighted by atomic mass is 10.3. The van der Waals surface area contributed by atoms with Crippen LogP contribution < -0.4 is 5.14 Å². The van der Waals surface area contributed by atoms with E-state index in [-0.39, 0.29) is 0 Å². The van der Waals surface area contributed by atoms with Crippen LogP contribution in [0.4, 0.5) is 22.0 Å². The van der Waals surface area contributed by atoms with Crippen LogP contribution in [0.1, 0.15) is 0 Å². The molecule has 0 unspecified atom stereocenters. The van der Waals surface area contributed by atoms with Gasteiger partial charge >= 0.3 is 0 Å². The molecule has 0 aromatic heterocycles. The van der Waals surface area contributed by atoms with Crippen molar-refractivity contribution >= 4 is 10.0 Å². The van der Waals surface area contributed by atoms with Crippen molar-refractivity contribution in [3.63, 3.8) is 0 Å². The molecule has 9 heteroatoms. The van der Waals surface area contributed by atoms with Crippen LogP contribution in [0.25, 0.3) is 0 Å². The van der Waals surface area contributed by atoms with Crippen molar-refractivity contribution in [1.29, 1.82) is 0 Å². The molecule has 0 fully saturated rings. The molecule has 1 radical (unpaired) electrons. The Kier molecular flexibility index (Phi) is 2.70. The molecule has 0 aliphatic rings. The summed E-state index contributed by atoms with van der Waals surface area (Å²) in [6.07, 6.45) is 0. The number of rotatable bonds is 1. The molecule has 0 heterocycles. The van der Waals surface area contributed by atoms with Gasteiger partial charge in [0.25, 0.3) is 10.0 Å². The average molecular weight is 246 g/mol. The number of benzene rings is 1. The lowest BCUT2D eigenvalue weighted by Crippen LogP contribution is -2.13. The summed E-state index contributed by atoms with van der Waals surface area (Å²) in [5.41, 5.74) is 0. The standard InChI is InChI=1S/C6HF5NO2S/c7-1-2(8)4(10)6(15(12,13)14)5(11)3(1)9/h12H. The van der Waals surface area contributed by atoms with Gasteiger partial charge in [0.2, 0.25) is 5.82 Å². The Balaban J connectivity index is 3.84. The molecule has 0 atom stereocenters. The summed E-state index contributed by atoms with van der Waals surface area (Å²) in [6.45, 7) is 0. The molecule has 83 valence electrons. The normalized spacial score (nSPS) is 11.9. The molecular formula is C6HF5NO2S. The summed E-state index contributed by atoms with van der Waals surface area (Å²) in [6, 6.07) is 0. The number of nitrogens with one attached hydrogen (secondary N) is 1. The molecule has 0 amide bonds. The van der Waals surface area contributed by atoms with Crippen LogP contribution >= 0.6 is 0 Å². The molecule has 0 aliphatic carbocycles. The molecule has 0 aliphatic heterocycles. The van der Waals surface area contributed by atoms with E-state index in [4.69, 9.17) is 5.14 Å². The quantitative estimate of drug-likeness (QED) is 0.426. The molecule has 0 bridgehead atoms. The molecule has 15 heavy (non-hydrogen) atoms. The summed E-state index contributed by atoms with van der Waals surface area (Å²) in [7, 11) is -5.27. The van der Waals surface area contributed by atoms with Gasteiger partial charge in [0.1, 0.15) is 0 Å². The van der Waals surface area contributed by atoms with Crippen LogP contribution in [0, 0.1) is 29.1 Å². The highest BCUT2D eigenvalue weighted by atomic mass is 32.2. The number of hydrogen-bond donors (Lipinski definition) is 0. The zero-order valence-corrected chi connectivity index (χ0v) is 7.43. The van der Waals surface area contributed by atoms with Crippen molar-refractivity contribution in [2.24, 2.45) is 0 Å². The minimum atomic E-state index is -5.27. The fourth-order valence-electron chi connectivity index (χ4n) is 0.821. The number of hydrogen-bond acceptors (Lipinski definition) is 2. The molecule has 1 N–H and O–H groups in total. The average Bonchev–Trinajstić information content (AvgIpc) is 2.09. The predicted molar refractivity (Wildman–Crippen MR) is 36.5 cm³/mol. The van der Waals surface area contributed by atoms with Gasteiger partial charge in [0.05, 0.1) is 0 Å². The molecule has 1 aromatic rings. The maximum atomic E-state index is 12.7. The van der Waals surface area contributed by atoms with Crippen LogP contribution in [0.2, 0.25) is 0 Å². The van der Waals surface area contributed by atoms with Crippen molar-refractivity contribution in [2.75, 3.05) is 0 Å². The SMILES string of the molecule is [NH]S(=O)(=O)c1c(F)c(F)c(F)c(F)c1F. The van der Waals surface area contributed by atoms with Gasteiger partial charge in [-0.2, -0.15) is 0 Å². The first kappa shape index (κ1) is 11.9. The summed E-state index contributed by atoms with van der Waals surface area (Å²) in [4.78, 5) is -2.15. The summed E-state index contributed by atoms with van der Waals surface area (Å²) >= 11 is 0. The monoisotopic (exact) mass is 246 g/mol. The van der Waals surface area contributed by atoms with Crippen molar-refractivity contribution in [3.05, 3.63) is 29.1 Å². The van der Waals surface area contributed by atoms with E-state index in [0.29, 0.717) is 0 Å². The van der Waals surface area contributed by atoms with E-state index in [1.54, 1.807) is 0 Å². The van der Waals surface area contributed by atoms with Crippen molar-refractivity contribution < 1.29 is 30.4 Å². The largest absolute Gasteiger partial charge is 0.260 e. The Morgan fingerprint density at radius 3 is 1.27 bits per heavy atom. The summed E-state index contributed by atoms with van der Waals surface area (Å²) < 4.78 is 83.4. The Morgan fingerprint density at radius 2 is 1.00 bits per heavy atom. The molecule has 3 nitrogen and oxygen atoms in total. The van der Waals surface area contributed by atoms with Crippen LogP contribution in [-0.4, -0.2) is 8.42 Å². The van der Waals surface area contributed by atoms with Crippen molar-refractivity contribution in [3.8, 4) is 0 Å². The Bertz CT molecular complexity index is 498. The Morgan fingerprint density at radius 1 is 0.733 bits per heavy atom. The molecule has 1 aromatic carbocycles. The van der Waals surface area contributed by atoms with E-state index in [1.807, 2.05) is 0 Å². The lowest BCUT2D eigenvalue weighted by Gasteiger charge is -2.04. The smallest absolute Gasteiger partial charge is 0.206 e. The van der Waals surface area contributed by atoms with E-state index >= 15 is 0 Å². The number of halogens is 5. The van der Waals surface area contributed by atoms with Gasteiger partial charge in [-0.15, -0.1) is 5.14 Å². The minimum absolute atomic E-state index is 2.15. The topological polar surface area (TPSA) is 57.9 Å². The zero-order chi connectivity index (χ0) is 12.0. The first-order chi connectivity index (χ1) is 6.68. The first-order valence-corrected chi connectivity index (χ1v) is 4.67. The summed E-state index contributed by atoms with van der Waals surface area (Å²) in [5.74, 6) is -12.4. The van der Waals surface area contributed by atoms with E-state index in [9.17, 15) is 30.4 Å². The van der Waals surface area contributed by atoms with Crippen LogP contribution in [0.15, 0.2) is 4.90 Å². The highest BCUT2D eigenvalue weighted by Crippen LogP contribution is 2.25. The molecule has 1 rings (SSSR count). The second-order valence-corrected chi connectivity index (χ2v) is 3.82. The van der Waals surface area contributed by atoms with E-state index in [2.05, 4.69) is 0 Å². The fraction of sp³-hybridized carbons (Fsp3) is 0. The van der Waals surface area contributed by atoms with Gasteiger partial charge in [-0.05, 0) is 0 Å². The van der Waals surface area contributed by atoms with E-state index < -0.39 is 44.0 Å². The van der Waals surface area contributed by atoms with Gasteiger partial charge in [-0.1, -0.05) is 0 Å². The minimum Gasteiger partial charge on any atom is -0.206 e. The first-order valence-electron chi connectivity index (χ1n) is 3.19. The van der Waals surface area contributed by atoms with E-state index in [1.165, 1.54) is 0 Å². The third kappa shape index (κ3) is 1.79. The number of sulfonamides is 1. The van der Waals surface area contributed by atoms with Gasteiger partial charge < -0.3 is 0 Å². The zero-order valence-electron chi connectivity index (χ0n) is 6.61. The second kappa shape index (κ2) is 3.42. The van der Waals surface area contributed by atoms with Gasteiger partial charge in [-0.3, -0.25) is 0 Å². The Hall–Kier alpha value is -1.22. The van der Waals surface area contributed by atoms with Gasteiger partial charge in [0.15, 0.2) is 28.2 Å². The molecular weight excluding hydrogens is 245 g/mol. The van der Waals surface area contributed by atoms with Crippen molar-refractivity contribution in [2.45, 2.75) is 4.90 Å². The van der Waals surface area contributed by atoms with Gasteiger partial charge in [-0.25, -0.2) is 30.4 Å². The molecule has 0 spiro atoms. The lowest BCUT2D eigenvalue weighted by molar-refractivity contribution is 0.357. The molecule has 0 saturated heterocycles. The fourth-order valence-corrected chi connectivity index (χ4v) is 1.47. The second-order valence-electron chi connectivity index (χ2n) is 2.40. The third-order valence-corrected chi connectivity index (χ3v) is 2.33. The van der Waals surface area contributed by atoms with E-state index in [0.717, 1.165) is 0 Å². The Labute approximate surface area is 80.4 Å². The maximum absolute atomic E-state index is 12.7. The third-order valence-electron chi connectivity index (χ3n) is 1.44. The van der Waals surface area contributed by atoms with Crippen LogP contribution in [0.3, 0.4) is 0 Å². The maximum Gasteiger partial charge on any atom is 0.260 e. The predicted octanol–water partition coefficient (Wildman–Crippen LogP) is 1.35. The van der Waals surface area contributed by atoms with Crippen LogP contribution in [-0.2, 0) is 10.0 Å². The van der Waals surface area contributed by atoms with Gasteiger partial charge in [0, 0.05) is 0 Å².